The maximum atomic E-state index is 11.7. The Kier molecular flexibility index (Phi) is 4.53. The van der Waals surface area contributed by atoms with E-state index in [0.717, 1.165) is 7.11 Å². The molecule has 0 radical (unpaired) electrons. The van der Waals surface area contributed by atoms with Crippen molar-refractivity contribution in [2.45, 2.75) is 12.4 Å². The van der Waals surface area contributed by atoms with Crippen LogP contribution in [0.25, 0.3) is 0 Å². The zero-order valence-corrected chi connectivity index (χ0v) is 8.68. The highest BCUT2D eigenvalue weighted by molar-refractivity contribution is 7.87. The molecule has 0 spiro atoms. The first-order chi connectivity index (χ1) is 6.62. The Balaban J connectivity index is 4.36. The van der Waals surface area contributed by atoms with Crippen molar-refractivity contribution in [2.75, 3.05) is 13.7 Å². The molecule has 0 N–H and O–H groups in total. The minimum absolute atomic E-state index is 0.854. The van der Waals surface area contributed by atoms with Gasteiger partial charge in [0.15, 0.2) is 0 Å². The maximum absolute atomic E-state index is 11.7. The van der Waals surface area contributed by atoms with Gasteiger partial charge in [-0.2, -0.15) is 21.6 Å². The number of ether oxygens (including phenoxy) is 1. The van der Waals surface area contributed by atoms with E-state index < -0.39 is 34.1 Å². The first kappa shape index (κ1) is 14.2. The van der Waals surface area contributed by atoms with Gasteiger partial charge in [-0.25, -0.2) is 0 Å². The van der Waals surface area contributed by atoms with Gasteiger partial charge in [-0.3, -0.25) is 8.98 Å². The van der Waals surface area contributed by atoms with Gasteiger partial charge < -0.3 is 4.74 Å². The molecule has 0 aromatic heterocycles. The summed E-state index contributed by atoms with van der Waals surface area (Å²) in [6, 6.07) is 0. The summed E-state index contributed by atoms with van der Waals surface area (Å²) in [5.74, 6) is -1.94. The average molecular weight is 250 g/mol. The predicted molar refractivity (Wildman–Crippen MR) is 42.1 cm³/mol. The molecule has 5 nitrogen and oxygen atoms in total. The standard InChI is InChI=1S/C6H9F3O5S/c1-4(5(10)13-2)3-14-15(11,12)6(7,8)9/h4H,3H2,1-2H3. The first-order valence-electron chi connectivity index (χ1n) is 3.65. The number of esters is 1. The summed E-state index contributed by atoms with van der Waals surface area (Å²) in [6.45, 7) is 0.270. The van der Waals surface area contributed by atoms with Crippen LogP contribution >= 0.6 is 0 Å². The zero-order chi connectivity index (χ0) is 12.3. The number of alkyl halides is 3. The van der Waals surface area contributed by atoms with E-state index in [1.54, 1.807) is 0 Å². The van der Waals surface area contributed by atoms with Gasteiger partial charge in [0.2, 0.25) is 0 Å². The first-order valence-corrected chi connectivity index (χ1v) is 5.06. The molecule has 0 aromatic carbocycles. The molecule has 0 aliphatic rings. The van der Waals surface area contributed by atoms with Crippen molar-refractivity contribution < 1.29 is 35.3 Å². The highest BCUT2D eigenvalue weighted by atomic mass is 32.2. The Morgan fingerprint density at radius 2 is 1.87 bits per heavy atom. The second kappa shape index (κ2) is 4.79. The molecule has 0 aliphatic carbocycles. The number of carbonyl (C=O) groups is 1. The molecule has 1 unspecified atom stereocenters. The summed E-state index contributed by atoms with van der Waals surface area (Å²) < 4.78 is 63.7. The topological polar surface area (TPSA) is 69.7 Å². The molecule has 0 aliphatic heterocycles. The monoisotopic (exact) mass is 250 g/mol. The summed E-state index contributed by atoms with van der Waals surface area (Å²) in [5, 5.41) is 0. The average Bonchev–Trinajstić information content (AvgIpc) is 2.11. The van der Waals surface area contributed by atoms with Gasteiger partial charge in [0.1, 0.15) is 0 Å². The van der Waals surface area contributed by atoms with Crippen molar-refractivity contribution in [3.05, 3.63) is 0 Å². The van der Waals surface area contributed by atoms with Crippen LogP contribution in [0.5, 0.6) is 0 Å². The van der Waals surface area contributed by atoms with Crippen molar-refractivity contribution in [2.24, 2.45) is 5.92 Å². The zero-order valence-electron chi connectivity index (χ0n) is 7.87. The highest BCUT2D eigenvalue weighted by Crippen LogP contribution is 2.24. The molecule has 0 saturated carbocycles. The van der Waals surface area contributed by atoms with Crippen LogP contribution in [0.4, 0.5) is 13.2 Å². The van der Waals surface area contributed by atoms with Gasteiger partial charge in [0.25, 0.3) is 0 Å². The molecule has 15 heavy (non-hydrogen) atoms. The van der Waals surface area contributed by atoms with Crippen LogP contribution in [0.1, 0.15) is 6.92 Å². The lowest BCUT2D eigenvalue weighted by atomic mass is 10.2. The molecule has 0 bridgehead atoms. The second-order valence-electron chi connectivity index (χ2n) is 2.61. The Hall–Kier alpha value is -0.830. The normalized spacial score (nSPS) is 14.7. The summed E-state index contributed by atoms with van der Waals surface area (Å²) in [4.78, 5) is 10.7. The lowest BCUT2D eigenvalue weighted by molar-refractivity contribution is -0.145. The van der Waals surface area contributed by atoms with Crippen LogP contribution < -0.4 is 0 Å². The second-order valence-corrected chi connectivity index (χ2v) is 4.22. The molecule has 9 heteroatoms. The van der Waals surface area contributed by atoms with Crippen molar-refractivity contribution in [3.63, 3.8) is 0 Å². The maximum Gasteiger partial charge on any atom is 0.523 e. The Bertz CT molecular complexity index is 320. The van der Waals surface area contributed by atoms with E-state index in [4.69, 9.17) is 0 Å². The number of methoxy groups -OCH3 is 1. The van der Waals surface area contributed by atoms with Crippen molar-refractivity contribution >= 4 is 16.1 Å². The molecule has 0 rings (SSSR count). The van der Waals surface area contributed by atoms with Crippen LogP contribution in [0, 0.1) is 5.92 Å². The van der Waals surface area contributed by atoms with Crippen molar-refractivity contribution in [1.82, 2.24) is 0 Å². The minimum Gasteiger partial charge on any atom is -0.469 e. The summed E-state index contributed by atoms with van der Waals surface area (Å²) in [6.07, 6.45) is 0. The molecule has 1 atom stereocenters. The van der Waals surface area contributed by atoms with Crippen LogP contribution in [-0.4, -0.2) is 33.6 Å². The fourth-order valence-corrected chi connectivity index (χ4v) is 1.04. The molecule has 0 fully saturated rings. The van der Waals surface area contributed by atoms with E-state index in [9.17, 15) is 26.4 Å². The van der Waals surface area contributed by atoms with Crippen LogP contribution in [-0.2, 0) is 23.8 Å². The van der Waals surface area contributed by atoms with E-state index >= 15 is 0 Å². The number of halogens is 3. The SMILES string of the molecule is COC(=O)C(C)COS(=O)(=O)C(F)(F)F. The third-order valence-corrected chi connectivity index (χ3v) is 2.37. The van der Waals surface area contributed by atoms with E-state index in [0.29, 0.717) is 0 Å². The third-order valence-electron chi connectivity index (χ3n) is 1.36. The fraction of sp³-hybridized carbons (Fsp3) is 0.833. The van der Waals surface area contributed by atoms with Gasteiger partial charge in [-0.05, 0) is 6.92 Å². The van der Waals surface area contributed by atoms with Gasteiger partial charge >= 0.3 is 21.6 Å². The third kappa shape index (κ3) is 4.04. The largest absolute Gasteiger partial charge is 0.523 e. The smallest absolute Gasteiger partial charge is 0.469 e. The van der Waals surface area contributed by atoms with Gasteiger partial charge in [0, 0.05) is 0 Å². The molecule has 0 heterocycles. The Labute approximate surface area is 84.3 Å². The molecule has 90 valence electrons. The van der Waals surface area contributed by atoms with Crippen LogP contribution in [0.2, 0.25) is 0 Å². The highest BCUT2D eigenvalue weighted by Gasteiger charge is 2.47. The van der Waals surface area contributed by atoms with Gasteiger partial charge in [0.05, 0.1) is 19.6 Å². The van der Waals surface area contributed by atoms with E-state index in [2.05, 4.69) is 8.92 Å². The predicted octanol–water partition coefficient (Wildman–Crippen LogP) is 0.662. The van der Waals surface area contributed by atoms with E-state index in [-0.39, 0.29) is 0 Å². The Morgan fingerprint density at radius 1 is 1.40 bits per heavy atom. The number of hydrogen-bond donors (Lipinski definition) is 0. The summed E-state index contributed by atoms with van der Waals surface area (Å²) in [5.41, 5.74) is -5.48. The number of hydrogen-bond acceptors (Lipinski definition) is 5. The lowest BCUT2D eigenvalue weighted by Crippen LogP contribution is -2.29. The molecule has 0 saturated heterocycles. The Morgan fingerprint density at radius 3 is 2.20 bits per heavy atom. The van der Waals surface area contributed by atoms with Crippen LogP contribution in [0.3, 0.4) is 0 Å². The number of rotatable bonds is 4. The van der Waals surface area contributed by atoms with Gasteiger partial charge in [-0.15, -0.1) is 0 Å². The molecule has 0 amide bonds. The fourth-order valence-electron chi connectivity index (χ4n) is 0.528. The van der Waals surface area contributed by atoms with E-state index in [1.165, 1.54) is 6.92 Å². The van der Waals surface area contributed by atoms with Gasteiger partial charge in [-0.1, -0.05) is 0 Å². The molecular formula is C6H9F3O5S. The van der Waals surface area contributed by atoms with Crippen LogP contribution in [0.15, 0.2) is 0 Å². The number of carbonyl (C=O) groups excluding carboxylic acids is 1. The van der Waals surface area contributed by atoms with E-state index in [1.807, 2.05) is 0 Å². The lowest BCUT2D eigenvalue weighted by Gasteiger charge is -2.11. The minimum atomic E-state index is -5.64. The summed E-state index contributed by atoms with van der Waals surface area (Å²) in [7, 11) is -4.62. The van der Waals surface area contributed by atoms with Crippen molar-refractivity contribution in [1.29, 1.82) is 0 Å². The molecule has 0 aromatic rings. The van der Waals surface area contributed by atoms with Crippen molar-refractivity contribution in [3.8, 4) is 0 Å². The molecular weight excluding hydrogens is 241 g/mol. The summed E-state index contributed by atoms with van der Waals surface area (Å²) >= 11 is 0. The quantitative estimate of drug-likeness (QED) is 0.416.